The van der Waals surface area contributed by atoms with Gasteiger partial charge in [-0.15, -0.1) is 0 Å². The van der Waals surface area contributed by atoms with Gasteiger partial charge in [-0.3, -0.25) is 4.90 Å². The molecule has 1 aliphatic carbocycles. The molecule has 0 amide bonds. The second-order valence-corrected chi connectivity index (χ2v) is 6.90. The van der Waals surface area contributed by atoms with Crippen LogP contribution in [0.2, 0.25) is 5.02 Å². The summed E-state index contributed by atoms with van der Waals surface area (Å²) in [6.45, 7) is 4.48. The Kier molecular flexibility index (Phi) is 4.07. The molecule has 3 heteroatoms. The van der Waals surface area contributed by atoms with Crippen molar-refractivity contribution in [3.8, 4) is 0 Å². The Labute approximate surface area is 127 Å². The van der Waals surface area contributed by atoms with E-state index in [0.29, 0.717) is 0 Å². The summed E-state index contributed by atoms with van der Waals surface area (Å²) in [5.74, 6) is 0. The fourth-order valence-electron chi connectivity index (χ4n) is 4.09. The highest BCUT2D eigenvalue weighted by Gasteiger charge is 2.45. The average Bonchev–Trinajstić information content (AvgIpc) is 3.12. The summed E-state index contributed by atoms with van der Waals surface area (Å²) >= 11 is 6.30. The van der Waals surface area contributed by atoms with Gasteiger partial charge in [0.1, 0.15) is 0 Å². The molecule has 1 aromatic carbocycles. The van der Waals surface area contributed by atoms with Gasteiger partial charge in [-0.2, -0.15) is 0 Å². The van der Waals surface area contributed by atoms with Gasteiger partial charge >= 0.3 is 0 Å². The minimum Gasteiger partial charge on any atom is -0.322 e. The average molecular weight is 293 g/mol. The number of likely N-dealkylation sites (tertiary alicyclic amines) is 1. The van der Waals surface area contributed by atoms with Crippen LogP contribution < -0.4 is 5.73 Å². The number of nitrogens with two attached hydrogens (primary N) is 1. The standard InChI is InChI=1S/C17H25ClN2/c1-13-6-7-14(12-15(13)18)16(19)17(8-2-3-9-17)20-10-4-5-11-20/h6-7,12,16H,2-5,8-11,19H2,1H3. The highest BCUT2D eigenvalue weighted by molar-refractivity contribution is 6.31. The van der Waals surface area contributed by atoms with E-state index in [1.165, 1.54) is 57.2 Å². The third kappa shape index (κ3) is 2.38. The van der Waals surface area contributed by atoms with Crippen LogP contribution in [0.5, 0.6) is 0 Å². The van der Waals surface area contributed by atoms with Gasteiger partial charge in [-0.1, -0.05) is 36.6 Å². The molecule has 1 aromatic rings. The van der Waals surface area contributed by atoms with E-state index in [9.17, 15) is 0 Å². The molecule has 1 unspecified atom stereocenters. The third-order valence-electron chi connectivity index (χ3n) is 5.34. The highest BCUT2D eigenvalue weighted by atomic mass is 35.5. The lowest BCUT2D eigenvalue weighted by atomic mass is 9.82. The van der Waals surface area contributed by atoms with Gasteiger partial charge in [0.2, 0.25) is 0 Å². The number of benzene rings is 1. The van der Waals surface area contributed by atoms with Gasteiger partial charge in [-0.25, -0.2) is 0 Å². The fraction of sp³-hybridized carbons (Fsp3) is 0.647. The van der Waals surface area contributed by atoms with Crippen LogP contribution in [-0.4, -0.2) is 23.5 Å². The SMILES string of the molecule is Cc1ccc(C(N)C2(N3CCCC3)CCCC2)cc1Cl. The van der Waals surface area contributed by atoms with Crippen LogP contribution in [0.4, 0.5) is 0 Å². The molecular weight excluding hydrogens is 268 g/mol. The summed E-state index contributed by atoms with van der Waals surface area (Å²) in [5.41, 5.74) is 9.24. The Morgan fingerprint density at radius 3 is 2.40 bits per heavy atom. The van der Waals surface area contributed by atoms with Crippen molar-refractivity contribution in [2.24, 2.45) is 5.73 Å². The summed E-state index contributed by atoms with van der Waals surface area (Å²) in [7, 11) is 0. The first-order chi connectivity index (χ1) is 9.63. The molecule has 0 radical (unpaired) electrons. The Morgan fingerprint density at radius 1 is 1.15 bits per heavy atom. The van der Waals surface area contributed by atoms with Crippen LogP contribution in [0.3, 0.4) is 0 Å². The minimum absolute atomic E-state index is 0.0844. The van der Waals surface area contributed by atoms with E-state index in [1.54, 1.807) is 0 Å². The number of hydrogen-bond acceptors (Lipinski definition) is 2. The normalized spacial score (nSPS) is 24.1. The monoisotopic (exact) mass is 292 g/mol. The maximum atomic E-state index is 6.73. The molecule has 2 aliphatic rings. The molecule has 2 N–H and O–H groups in total. The maximum Gasteiger partial charge on any atom is 0.0482 e. The molecule has 20 heavy (non-hydrogen) atoms. The first kappa shape index (κ1) is 14.4. The van der Waals surface area contributed by atoms with Crippen LogP contribution in [0.15, 0.2) is 18.2 Å². The lowest BCUT2D eigenvalue weighted by molar-refractivity contribution is 0.0922. The van der Waals surface area contributed by atoms with Gasteiger partial charge in [0.25, 0.3) is 0 Å². The molecule has 0 aromatic heterocycles. The summed E-state index contributed by atoms with van der Waals surface area (Å²) in [6, 6.07) is 6.44. The van der Waals surface area contributed by atoms with Crippen molar-refractivity contribution in [3.63, 3.8) is 0 Å². The summed E-state index contributed by atoms with van der Waals surface area (Å²) in [4.78, 5) is 2.67. The predicted molar refractivity (Wildman–Crippen MR) is 85.1 cm³/mol. The van der Waals surface area contributed by atoms with Crippen molar-refractivity contribution < 1.29 is 0 Å². The summed E-state index contributed by atoms with van der Waals surface area (Å²) in [6.07, 6.45) is 7.74. The van der Waals surface area contributed by atoms with Crippen molar-refractivity contribution in [1.82, 2.24) is 4.90 Å². The van der Waals surface area contributed by atoms with Gasteiger partial charge in [0.05, 0.1) is 0 Å². The van der Waals surface area contributed by atoms with Crippen LogP contribution in [0.25, 0.3) is 0 Å². The molecule has 3 rings (SSSR count). The van der Waals surface area contributed by atoms with Gasteiger partial charge in [0, 0.05) is 16.6 Å². The lowest BCUT2D eigenvalue weighted by Crippen LogP contribution is -2.52. The van der Waals surface area contributed by atoms with Crippen molar-refractivity contribution in [2.75, 3.05) is 13.1 Å². The number of nitrogens with zero attached hydrogens (tertiary/aromatic N) is 1. The van der Waals surface area contributed by atoms with E-state index in [1.807, 2.05) is 6.92 Å². The lowest BCUT2D eigenvalue weighted by Gasteiger charge is -2.43. The van der Waals surface area contributed by atoms with E-state index in [4.69, 9.17) is 17.3 Å². The minimum atomic E-state index is 0.0844. The van der Waals surface area contributed by atoms with Crippen LogP contribution in [0.1, 0.15) is 55.7 Å². The van der Waals surface area contributed by atoms with Crippen molar-refractivity contribution >= 4 is 11.6 Å². The molecular formula is C17H25ClN2. The van der Waals surface area contributed by atoms with Crippen LogP contribution in [-0.2, 0) is 0 Å². The topological polar surface area (TPSA) is 29.3 Å². The van der Waals surface area contributed by atoms with Crippen molar-refractivity contribution in [2.45, 2.75) is 57.0 Å². The van der Waals surface area contributed by atoms with Crippen molar-refractivity contribution in [3.05, 3.63) is 34.3 Å². The number of aryl methyl sites for hydroxylation is 1. The molecule has 1 saturated heterocycles. The second kappa shape index (κ2) is 5.67. The molecule has 0 spiro atoms. The Hall–Kier alpha value is -0.570. The smallest absolute Gasteiger partial charge is 0.0482 e. The number of rotatable bonds is 3. The third-order valence-corrected chi connectivity index (χ3v) is 5.75. The van der Waals surface area contributed by atoms with E-state index in [-0.39, 0.29) is 11.6 Å². The molecule has 110 valence electrons. The Bertz CT molecular complexity index is 474. The molecule has 1 heterocycles. The largest absolute Gasteiger partial charge is 0.322 e. The van der Waals surface area contributed by atoms with E-state index in [2.05, 4.69) is 23.1 Å². The van der Waals surface area contributed by atoms with E-state index >= 15 is 0 Å². The highest BCUT2D eigenvalue weighted by Crippen LogP contribution is 2.45. The van der Waals surface area contributed by atoms with Gasteiger partial charge < -0.3 is 5.73 Å². The van der Waals surface area contributed by atoms with E-state index < -0.39 is 0 Å². The van der Waals surface area contributed by atoms with Crippen LogP contribution in [0, 0.1) is 6.92 Å². The second-order valence-electron chi connectivity index (χ2n) is 6.49. The Balaban J connectivity index is 1.92. The molecule has 1 saturated carbocycles. The molecule has 0 bridgehead atoms. The zero-order valence-electron chi connectivity index (χ0n) is 12.4. The van der Waals surface area contributed by atoms with Crippen molar-refractivity contribution in [1.29, 1.82) is 0 Å². The molecule has 2 nitrogen and oxygen atoms in total. The fourth-order valence-corrected chi connectivity index (χ4v) is 4.28. The summed E-state index contributed by atoms with van der Waals surface area (Å²) < 4.78 is 0. The first-order valence-corrected chi connectivity index (χ1v) is 8.28. The number of hydrogen-bond donors (Lipinski definition) is 1. The molecule has 1 atom stereocenters. The maximum absolute atomic E-state index is 6.73. The first-order valence-electron chi connectivity index (χ1n) is 7.90. The van der Waals surface area contributed by atoms with Crippen LogP contribution >= 0.6 is 11.6 Å². The zero-order valence-corrected chi connectivity index (χ0v) is 13.1. The van der Waals surface area contributed by atoms with E-state index in [0.717, 1.165) is 10.6 Å². The van der Waals surface area contributed by atoms with Gasteiger partial charge in [-0.05, 0) is 62.9 Å². The number of halogens is 1. The Morgan fingerprint density at radius 2 is 1.80 bits per heavy atom. The quantitative estimate of drug-likeness (QED) is 0.910. The predicted octanol–water partition coefficient (Wildman–Crippen LogP) is 4.06. The molecule has 2 fully saturated rings. The zero-order chi connectivity index (χ0) is 14.2. The molecule has 1 aliphatic heterocycles. The summed E-state index contributed by atoms with van der Waals surface area (Å²) in [5, 5.41) is 0.840. The van der Waals surface area contributed by atoms with Gasteiger partial charge in [0.15, 0.2) is 0 Å².